The third kappa shape index (κ3) is 7.64. The van der Waals surface area contributed by atoms with Crippen molar-refractivity contribution in [3.63, 3.8) is 0 Å². The van der Waals surface area contributed by atoms with Crippen LogP contribution in [0.2, 0.25) is 0 Å². The molecule has 2 aromatic rings. The van der Waals surface area contributed by atoms with Gasteiger partial charge in [0.2, 0.25) is 5.91 Å². The van der Waals surface area contributed by atoms with Gasteiger partial charge in [0.05, 0.1) is 6.61 Å². The van der Waals surface area contributed by atoms with Crippen LogP contribution in [0.1, 0.15) is 30.9 Å². The minimum Gasteiger partial charge on any atom is -0.482 e. The van der Waals surface area contributed by atoms with Gasteiger partial charge < -0.3 is 19.7 Å². The zero-order valence-corrected chi connectivity index (χ0v) is 20.5. The van der Waals surface area contributed by atoms with Gasteiger partial charge in [0, 0.05) is 31.3 Å². The molecule has 194 valence electrons. The Morgan fingerprint density at radius 3 is 2.53 bits per heavy atom. The average molecular weight is 525 g/mol. The summed E-state index contributed by atoms with van der Waals surface area (Å²) in [5, 5.41) is 2.14. The molecule has 2 amide bonds. The maximum Gasteiger partial charge on any atom is 0.344 e. The topological polar surface area (TPSA) is 84.9 Å². The summed E-state index contributed by atoms with van der Waals surface area (Å²) in [6.07, 6.45) is 0.364. The predicted octanol–water partition coefficient (Wildman–Crippen LogP) is 3.59. The number of hydrogen-bond acceptors (Lipinski definition) is 6. The number of carbonyl (C=O) groups is 3. The molecule has 1 atom stereocenters. The molecule has 7 nitrogen and oxygen atoms in total. The summed E-state index contributed by atoms with van der Waals surface area (Å²) in [6.45, 7) is 2.45. The summed E-state index contributed by atoms with van der Waals surface area (Å²) in [4.78, 5) is 38.2. The molecule has 0 aromatic heterocycles. The van der Waals surface area contributed by atoms with E-state index >= 15 is 0 Å². The minimum atomic E-state index is -1.26. The molecule has 11 heteroatoms. The van der Waals surface area contributed by atoms with Gasteiger partial charge in [-0.05, 0) is 49.1 Å². The largest absolute Gasteiger partial charge is 0.482 e. The van der Waals surface area contributed by atoms with Crippen molar-refractivity contribution < 1.29 is 37.0 Å². The van der Waals surface area contributed by atoms with Crippen molar-refractivity contribution in [2.75, 3.05) is 25.5 Å². The lowest BCUT2D eigenvalue weighted by molar-refractivity contribution is -0.145. The maximum atomic E-state index is 13.8. The number of nitrogens with one attached hydrogen (secondary N) is 1. The van der Waals surface area contributed by atoms with Gasteiger partial charge in [-0.3, -0.25) is 9.59 Å². The Kier molecular flexibility index (Phi) is 10.0. The van der Waals surface area contributed by atoms with Crippen LogP contribution in [-0.2, 0) is 32.1 Å². The SMILES string of the molecule is CCOC(=O)COc1ccc(CNC(=O)C2SCCN2C(=O)CCCc2cc(F)c(F)cc2F)cc1. The van der Waals surface area contributed by atoms with Crippen molar-refractivity contribution >= 4 is 29.5 Å². The van der Waals surface area contributed by atoms with Crippen molar-refractivity contribution in [3.8, 4) is 5.75 Å². The highest BCUT2D eigenvalue weighted by molar-refractivity contribution is 8.00. The van der Waals surface area contributed by atoms with Gasteiger partial charge in [-0.25, -0.2) is 18.0 Å². The molecule has 0 bridgehead atoms. The monoisotopic (exact) mass is 524 g/mol. The van der Waals surface area contributed by atoms with Gasteiger partial charge in [-0.1, -0.05) is 12.1 Å². The molecule has 1 heterocycles. The quantitative estimate of drug-likeness (QED) is 0.357. The van der Waals surface area contributed by atoms with Gasteiger partial charge in [-0.2, -0.15) is 0 Å². The van der Waals surface area contributed by atoms with E-state index in [0.717, 1.165) is 11.6 Å². The number of amides is 2. The molecule has 1 N–H and O–H groups in total. The van der Waals surface area contributed by atoms with E-state index in [4.69, 9.17) is 9.47 Å². The van der Waals surface area contributed by atoms with Crippen molar-refractivity contribution in [2.45, 2.75) is 38.1 Å². The Bertz CT molecular complexity index is 1080. The summed E-state index contributed by atoms with van der Waals surface area (Å²) in [5.74, 6) is -3.17. The van der Waals surface area contributed by atoms with Gasteiger partial charge >= 0.3 is 5.97 Å². The lowest BCUT2D eigenvalue weighted by Gasteiger charge is -2.23. The van der Waals surface area contributed by atoms with E-state index in [1.165, 1.54) is 16.7 Å². The van der Waals surface area contributed by atoms with Crippen LogP contribution in [0.15, 0.2) is 36.4 Å². The highest BCUT2D eigenvalue weighted by atomic mass is 32.2. The van der Waals surface area contributed by atoms with Crippen molar-refractivity contribution in [3.05, 3.63) is 65.0 Å². The smallest absolute Gasteiger partial charge is 0.344 e. The van der Waals surface area contributed by atoms with Crippen LogP contribution in [0.25, 0.3) is 0 Å². The molecule has 1 fully saturated rings. The van der Waals surface area contributed by atoms with E-state index in [2.05, 4.69) is 5.32 Å². The lowest BCUT2D eigenvalue weighted by atomic mass is 10.1. The molecular formula is C25H27F3N2O5S. The van der Waals surface area contributed by atoms with Crippen LogP contribution in [0.5, 0.6) is 5.75 Å². The van der Waals surface area contributed by atoms with Crippen molar-refractivity contribution in [1.29, 1.82) is 0 Å². The Balaban J connectivity index is 1.45. The van der Waals surface area contributed by atoms with E-state index < -0.39 is 28.8 Å². The average Bonchev–Trinajstić information content (AvgIpc) is 3.35. The molecule has 3 rings (SSSR count). The molecule has 1 aliphatic rings. The van der Waals surface area contributed by atoms with E-state index in [-0.39, 0.29) is 56.4 Å². The van der Waals surface area contributed by atoms with Gasteiger partial charge in [0.15, 0.2) is 23.6 Å². The molecule has 1 saturated heterocycles. The highest BCUT2D eigenvalue weighted by Gasteiger charge is 2.34. The third-order valence-corrected chi connectivity index (χ3v) is 6.62. The molecule has 36 heavy (non-hydrogen) atoms. The predicted molar refractivity (Wildman–Crippen MR) is 128 cm³/mol. The Labute approximate surface area is 211 Å². The molecule has 0 saturated carbocycles. The minimum absolute atomic E-state index is 0.00380. The number of nitrogens with zero attached hydrogens (tertiary/aromatic N) is 1. The Morgan fingerprint density at radius 2 is 1.81 bits per heavy atom. The Morgan fingerprint density at radius 1 is 1.08 bits per heavy atom. The first-order valence-electron chi connectivity index (χ1n) is 11.5. The van der Waals surface area contributed by atoms with Crippen molar-refractivity contribution in [2.24, 2.45) is 0 Å². The fourth-order valence-corrected chi connectivity index (χ4v) is 4.76. The fraction of sp³-hybridized carbons (Fsp3) is 0.400. The second kappa shape index (κ2) is 13.2. The molecule has 0 spiro atoms. The number of rotatable bonds is 11. The summed E-state index contributed by atoms with van der Waals surface area (Å²) < 4.78 is 50.3. The van der Waals surface area contributed by atoms with Gasteiger partial charge in [0.1, 0.15) is 11.6 Å². The summed E-state index contributed by atoms with van der Waals surface area (Å²) in [5.41, 5.74) is 0.811. The first-order chi connectivity index (χ1) is 17.3. The number of halogens is 3. The van der Waals surface area contributed by atoms with E-state index in [1.807, 2.05) is 0 Å². The first kappa shape index (κ1) is 27.4. The molecule has 0 radical (unpaired) electrons. The third-order valence-electron chi connectivity index (χ3n) is 5.41. The second-order valence-electron chi connectivity index (χ2n) is 7.98. The van der Waals surface area contributed by atoms with Crippen molar-refractivity contribution in [1.82, 2.24) is 10.2 Å². The zero-order valence-electron chi connectivity index (χ0n) is 19.7. The number of thioether (sulfide) groups is 1. The second-order valence-corrected chi connectivity index (χ2v) is 9.17. The number of esters is 1. The number of ether oxygens (including phenoxy) is 2. The van der Waals surface area contributed by atoms with Gasteiger partial charge in [0.25, 0.3) is 5.91 Å². The number of hydrogen-bond donors (Lipinski definition) is 1. The maximum absolute atomic E-state index is 13.8. The molecular weight excluding hydrogens is 497 g/mol. The number of carbonyl (C=O) groups excluding carboxylic acids is 3. The zero-order chi connectivity index (χ0) is 26.1. The van der Waals surface area contributed by atoms with Crippen LogP contribution in [0.4, 0.5) is 13.2 Å². The lowest BCUT2D eigenvalue weighted by Crippen LogP contribution is -2.44. The van der Waals surface area contributed by atoms with E-state index in [9.17, 15) is 27.6 Å². The molecule has 1 aliphatic heterocycles. The van der Waals surface area contributed by atoms with Crippen LogP contribution >= 0.6 is 11.8 Å². The first-order valence-corrected chi connectivity index (χ1v) is 12.5. The van der Waals surface area contributed by atoms with E-state index in [1.54, 1.807) is 31.2 Å². The molecule has 0 aliphatic carbocycles. The normalized spacial score (nSPS) is 15.0. The number of benzene rings is 2. The standard InChI is InChI=1S/C25H27F3N2O5S/c1-2-34-23(32)15-35-18-8-6-16(7-9-18)14-29-24(33)25-30(10-11-36-25)22(31)5-3-4-17-12-20(27)21(28)13-19(17)26/h6-9,12-13,25H,2-5,10-11,14-15H2,1H3,(H,29,33). The Hall–Kier alpha value is -3.21. The molecule has 1 unspecified atom stereocenters. The van der Waals surface area contributed by atoms with Gasteiger partial charge in [-0.15, -0.1) is 11.8 Å². The summed E-state index contributed by atoms with van der Waals surface area (Å²) in [6, 6.07) is 8.16. The van der Waals surface area contributed by atoms with Crippen LogP contribution in [0, 0.1) is 17.5 Å². The summed E-state index contributed by atoms with van der Waals surface area (Å²) >= 11 is 1.35. The van der Waals surface area contributed by atoms with E-state index in [0.29, 0.717) is 24.1 Å². The molecule has 2 aromatic carbocycles. The van der Waals surface area contributed by atoms with Crippen LogP contribution in [0.3, 0.4) is 0 Å². The van der Waals surface area contributed by atoms with Crippen LogP contribution < -0.4 is 10.1 Å². The van der Waals surface area contributed by atoms with Crippen LogP contribution in [-0.4, -0.2) is 53.6 Å². The highest BCUT2D eigenvalue weighted by Crippen LogP contribution is 2.25. The number of aryl methyl sites for hydroxylation is 1. The fourth-order valence-electron chi connectivity index (χ4n) is 3.60. The summed E-state index contributed by atoms with van der Waals surface area (Å²) in [7, 11) is 0.